The average molecular weight is 370 g/mol. The van der Waals surface area contributed by atoms with Gasteiger partial charge in [0.15, 0.2) is 0 Å². The van der Waals surface area contributed by atoms with Gasteiger partial charge in [0.2, 0.25) is 5.91 Å². The number of esters is 1. The van der Waals surface area contributed by atoms with Crippen molar-refractivity contribution in [2.75, 3.05) is 11.5 Å². The third-order valence-corrected chi connectivity index (χ3v) is 4.25. The molecule has 7 heteroatoms. The molecule has 0 saturated carbocycles. The van der Waals surface area contributed by atoms with Crippen molar-refractivity contribution in [3.05, 3.63) is 65.5 Å². The molecule has 1 saturated heterocycles. The zero-order chi connectivity index (χ0) is 19.4. The molecule has 2 amide bonds. The van der Waals surface area contributed by atoms with E-state index in [9.17, 15) is 18.8 Å². The number of nitrogens with zero attached hydrogens (tertiary/aromatic N) is 1. The molecular weight excluding hydrogens is 351 g/mol. The Labute approximate surface area is 155 Å². The van der Waals surface area contributed by atoms with E-state index in [-0.39, 0.29) is 30.7 Å². The van der Waals surface area contributed by atoms with Crippen LogP contribution in [0.3, 0.4) is 0 Å². The number of hydrogen-bond acceptors (Lipinski definition) is 5. The Bertz CT molecular complexity index is 849. The van der Waals surface area contributed by atoms with Crippen molar-refractivity contribution in [2.24, 2.45) is 0 Å². The quantitative estimate of drug-likeness (QED) is 0.624. The minimum absolute atomic E-state index is 0.0413. The second-order valence-corrected chi connectivity index (χ2v) is 6.10. The smallest absolute Gasteiger partial charge is 0.338 e. The number of anilines is 1. The normalized spacial score (nSPS) is 16.7. The van der Waals surface area contributed by atoms with Crippen molar-refractivity contribution in [1.82, 2.24) is 5.32 Å². The second-order valence-electron chi connectivity index (χ2n) is 6.10. The van der Waals surface area contributed by atoms with E-state index in [0.29, 0.717) is 17.8 Å². The highest BCUT2D eigenvalue weighted by Gasteiger charge is 2.39. The van der Waals surface area contributed by atoms with Gasteiger partial charge in [-0.2, -0.15) is 0 Å². The number of nitrogens with one attached hydrogen (secondary N) is 1. The maximum atomic E-state index is 12.9. The van der Waals surface area contributed by atoms with Gasteiger partial charge in [-0.3, -0.25) is 9.59 Å². The van der Waals surface area contributed by atoms with E-state index < -0.39 is 12.0 Å². The molecule has 3 rings (SSSR count). The Kier molecular flexibility index (Phi) is 5.61. The van der Waals surface area contributed by atoms with Crippen LogP contribution in [0.5, 0.6) is 0 Å². The number of carbonyl (C=O) groups is 3. The van der Waals surface area contributed by atoms with E-state index in [4.69, 9.17) is 4.74 Å². The highest BCUT2D eigenvalue weighted by molar-refractivity contribution is 6.22. The summed E-state index contributed by atoms with van der Waals surface area (Å²) in [5, 5.41) is 3.04. The fourth-order valence-electron chi connectivity index (χ4n) is 2.87. The topological polar surface area (TPSA) is 75.7 Å². The predicted molar refractivity (Wildman–Crippen MR) is 96.5 cm³/mol. The van der Waals surface area contributed by atoms with Crippen molar-refractivity contribution in [3.8, 4) is 0 Å². The van der Waals surface area contributed by atoms with Gasteiger partial charge in [-0.15, -0.1) is 0 Å². The van der Waals surface area contributed by atoms with Crippen LogP contribution in [-0.2, 0) is 20.9 Å². The van der Waals surface area contributed by atoms with Gasteiger partial charge >= 0.3 is 5.97 Å². The number of carbonyl (C=O) groups excluding carboxylic acids is 3. The summed E-state index contributed by atoms with van der Waals surface area (Å²) in [6, 6.07) is 11.4. The lowest BCUT2D eigenvalue weighted by molar-refractivity contribution is -0.121. The molecule has 0 aromatic heterocycles. The molecule has 140 valence electrons. The van der Waals surface area contributed by atoms with Gasteiger partial charge in [-0.05, 0) is 48.9 Å². The van der Waals surface area contributed by atoms with Crippen molar-refractivity contribution in [3.63, 3.8) is 0 Å². The van der Waals surface area contributed by atoms with Crippen LogP contribution in [0.2, 0.25) is 0 Å². The number of amides is 2. The lowest BCUT2D eigenvalue weighted by Gasteiger charge is -2.16. The highest BCUT2D eigenvalue weighted by Crippen LogP contribution is 2.23. The SMILES string of the molecule is CCOC(=O)c1ccc(N2C(=O)C[C@H](NCc3ccc(F)cc3)C2=O)cc1. The predicted octanol–water partition coefficient (Wildman–Crippen LogP) is 2.42. The molecule has 6 nitrogen and oxygen atoms in total. The lowest BCUT2D eigenvalue weighted by Crippen LogP contribution is -2.38. The Balaban J connectivity index is 1.66. The molecule has 1 fully saturated rings. The van der Waals surface area contributed by atoms with Gasteiger partial charge in [0.1, 0.15) is 5.82 Å². The van der Waals surface area contributed by atoms with Gasteiger partial charge < -0.3 is 10.1 Å². The van der Waals surface area contributed by atoms with E-state index in [1.165, 1.54) is 24.3 Å². The van der Waals surface area contributed by atoms with E-state index in [1.54, 1.807) is 31.2 Å². The lowest BCUT2D eigenvalue weighted by atomic mass is 10.2. The molecule has 0 aliphatic carbocycles. The fraction of sp³-hybridized carbons (Fsp3) is 0.250. The summed E-state index contributed by atoms with van der Waals surface area (Å²) >= 11 is 0. The van der Waals surface area contributed by atoms with Crippen LogP contribution in [0.15, 0.2) is 48.5 Å². The Morgan fingerprint density at radius 2 is 1.81 bits per heavy atom. The first-order valence-electron chi connectivity index (χ1n) is 8.61. The number of imide groups is 1. The summed E-state index contributed by atoms with van der Waals surface area (Å²) < 4.78 is 17.9. The van der Waals surface area contributed by atoms with Crippen LogP contribution in [0.1, 0.15) is 29.3 Å². The minimum atomic E-state index is -0.646. The van der Waals surface area contributed by atoms with Crippen molar-refractivity contribution in [2.45, 2.75) is 25.9 Å². The molecule has 27 heavy (non-hydrogen) atoms. The van der Waals surface area contributed by atoms with Gasteiger partial charge in [-0.1, -0.05) is 12.1 Å². The van der Waals surface area contributed by atoms with E-state index in [2.05, 4.69) is 5.32 Å². The molecule has 0 bridgehead atoms. The van der Waals surface area contributed by atoms with E-state index >= 15 is 0 Å². The standard InChI is InChI=1S/C20H19FN2O4/c1-2-27-20(26)14-5-9-16(10-6-14)23-18(24)11-17(19(23)25)22-12-13-3-7-15(21)8-4-13/h3-10,17,22H,2,11-12H2,1H3/t17-/m0/s1. The number of hydrogen-bond donors (Lipinski definition) is 1. The van der Waals surface area contributed by atoms with Gasteiger partial charge in [-0.25, -0.2) is 14.1 Å². The summed E-state index contributed by atoms with van der Waals surface area (Å²) in [6.45, 7) is 2.33. The molecule has 2 aromatic rings. The van der Waals surface area contributed by atoms with Gasteiger partial charge in [0, 0.05) is 6.54 Å². The first-order valence-corrected chi connectivity index (χ1v) is 8.61. The molecule has 1 atom stereocenters. The number of ether oxygens (including phenoxy) is 1. The Morgan fingerprint density at radius 1 is 1.15 bits per heavy atom. The van der Waals surface area contributed by atoms with Crippen LogP contribution in [0.25, 0.3) is 0 Å². The molecule has 1 N–H and O–H groups in total. The number of halogens is 1. The van der Waals surface area contributed by atoms with Crippen molar-refractivity contribution in [1.29, 1.82) is 0 Å². The van der Waals surface area contributed by atoms with Crippen LogP contribution in [0.4, 0.5) is 10.1 Å². The molecule has 1 aliphatic rings. The van der Waals surface area contributed by atoms with Crippen molar-refractivity contribution < 1.29 is 23.5 Å². The first-order chi connectivity index (χ1) is 13.0. The summed E-state index contributed by atoms with van der Waals surface area (Å²) in [6.07, 6.45) is 0.0413. The molecule has 0 unspecified atom stereocenters. The molecule has 0 radical (unpaired) electrons. The minimum Gasteiger partial charge on any atom is -0.462 e. The summed E-state index contributed by atoms with van der Waals surface area (Å²) in [5.74, 6) is -1.46. The van der Waals surface area contributed by atoms with Gasteiger partial charge in [0.25, 0.3) is 5.91 Å². The Morgan fingerprint density at radius 3 is 2.44 bits per heavy atom. The van der Waals surface area contributed by atoms with Crippen LogP contribution in [0, 0.1) is 5.82 Å². The average Bonchev–Trinajstić information content (AvgIpc) is 2.95. The molecule has 0 spiro atoms. The summed E-state index contributed by atoms with van der Waals surface area (Å²) in [4.78, 5) is 37.7. The fourth-order valence-corrected chi connectivity index (χ4v) is 2.87. The van der Waals surface area contributed by atoms with Crippen LogP contribution in [-0.4, -0.2) is 30.4 Å². The summed E-state index contributed by atoms with van der Waals surface area (Å²) in [7, 11) is 0. The third-order valence-electron chi connectivity index (χ3n) is 4.25. The largest absolute Gasteiger partial charge is 0.462 e. The van der Waals surface area contributed by atoms with Gasteiger partial charge in [0.05, 0.1) is 30.3 Å². The zero-order valence-electron chi connectivity index (χ0n) is 14.8. The highest BCUT2D eigenvalue weighted by atomic mass is 19.1. The zero-order valence-corrected chi connectivity index (χ0v) is 14.8. The molecule has 1 heterocycles. The summed E-state index contributed by atoms with van der Waals surface area (Å²) in [5.41, 5.74) is 1.57. The molecule has 2 aromatic carbocycles. The van der Waals surface area contributed by atoms with Crippen LogP contribution < -0.4 is 10.2 Å². The maximum Gasteiger partial charge on any atom is 0.338 e. The maximum absolute atomic E-state index is 12.9. The monoisotopic (exact) mass is 370 g/mol. The second kappa shape index (κ2) is 8.09. The van der Waals surface area contributed by atoms with Crippen LogP contribution >= 0.6 is 0 Å². The van der Waals surface area contributed by atoms with Crippen molar-refractivity contribution >= 4 is 23.5 Å². The van der Waals surface area contributed by atoms with E-state index in [1.807, 2.05) is 0 Å². The third kappa shape index (κ3) is 4.20. The first kappa shape index (κ1) is 18.7. The Hall–Kier alpha value is -3.06. The molecule has 1 aliphatic heterocycles. The molecular formula is C20H19FN2O4. The van der Waals surface area contributed by atoms with E-state index in [0.717, 1.165) is 10.5 Å². The number of rotatable bonds is 6. The number of benzene rings is 2.